The van der Waals surface area contributed by atoms with Crippen LogP contribution in [-0.2, 0) is 13.6 Å². The van der Waals surface area contributed by atoms with Crippen molar-refractivity contribution in [1.82, 2.24) is 9.55 Å². The standard InChI is InChI=1S/C13H15ClFN3O/c1-3-19-11-5-4-9(6-10(11)15)16-8-13-17-7-12(14)18(13)2/h4-7,16H,3,8H2,1-2H3. The molecule has 0 aliphatic rings. The second kappa shape index (κ2) is 5.93. The second-order valence-electron chi connectivity index (χ2n) is 3.99. The number of ether oxygens (including phenoxy) is 1. The highest BCUT2D eigenvalue weighted by Crippen LogP contribution is 2.21. The Bertz CT molecular complexity index is 571. The summed E-state index contributed by atoms with van der Waals surface area (Å²) in [7, 11) is 1.82. The minimum atomic E-state index is -0.385. The Morgan fingerprint density at radius 3 is 2.84 bits per heavy atom. The number of hydrogen-bond donors (Lipinski definition) is 1. The molecule has 0 saturated heterocycles. The van der Waals surface area contributed by atoms with Gasteiger partial charge in [-0.05, 0) is 19.1 Å². The Kier molecular flexibility index (Phi) is 4.27. The molecule has 1 heterocycles. The molecule has 1 aromatic carbocycles. The quantitative estimate of drug-likeness (QED) is 0.916. The molecular weight excluding hydrogens is 269 g/mol. The van der Waals surface area contributed by atoms with Gasteiger partial charge in [-0.3, -0.25) is 0 Å². The van der Waals surface area contributed by atoms with Crippen molar-refractivity contribution in [2.45, 2.75) is 13.5 Å². The van der Waals surface area contributed by atoms with Crippen molar-refractivity contribution in [3.05, 3.63) is 41.2 Å². The van der Waals surface area contributed by atoms with E-state index < -0.39 is 0 Å². The van der Waals surface area contributed by atoms with E-state index in [1.807, 2.05) is 14.0 Å². The molecule has 2 rings (SSSR count). The van der Waals surface area contributed by atoms with E-state index in [2.05, 4.69) is 10.3 Å². The zero-order valence-corrected chi connectivity index (χ0v) is 11.5. The minimum absolute atomic E-state index is 0.257. The van der Waals surface area contributed by atoms with Crippen LogP contribution in [0.25, 0.3) is 0 Å². The summed E-state index contributed by atoms with van der Waals surface area (Å²) in [6, 6.07) is 4.76. The molecule has 0 saturated carbocycles. The van der Waals surface area contributed by atoms with Gasteiger partial charge >= 0.3 is 0 Å². The number of aromatic nitrogens is 2. The molecular formula is C13H15ClFN3O. The SMILES string of the molecule is CCOc1ccc(NCc2ncc(Cl)n2C)cc1F. The van der Waals surface area contributed by atoms with Crippen LogP contribution in [0.3, 0.4) is 0 Å². The Morgan fingerprint density at radius 2 is 2.26 bits per heavy atom. The summed E-state index contributed by atoms with van der Waals surface area (Å²) in [6.07, 6.45) is 1.58. The maximum atomic E-state index is 13.6. The van der Waals surface area contributed by atoms with Gasteiger partial charge in [0.25, 0.3) is 0 Å². The molecule has 0 aliphatic heterocycles. The van der Waals surface area contributed by atoms with Crippen molar-refractivity contribution < 1.29 is 9.13 Å². The maximum Gasteiger partial charge on any atom is 0.167 e. The Hall–Kier alpha value is -1.75. The van der Waals surface area contributed by atoms with Crippen LogP contribution >= 0.6 is 11.6 Å². The zero-order valence-electron chi connectivity index (χ0n) is 10.8. The topological polar surface area (TPSA) is 39.1 Å². The van der Waals surface area contributed by atoms with Crippen molar-refractivity contribution in [3.8, 4) is 5.75 Å². The van der Waals surface area contributed by atoms with Crippen molar-refractivity contribution in [3.63, 3.8) is 0 Å². The van der Waals surface area contributed by atoms with Crippen molar-refractivity contribution in [2.75, 3.05) is 11.9 Å². The van der Waals surface area contributed by atoms with Gasteiger partial charge in [0.15, 0.2) is 11.6 Å². The smallest absolute Gasteiger partial charge is 0.167 e. The minimum Gasteiger partial charge on any atom is -0.491 e. The molecule has 1 aromatic heterocycles. The molecule has 0 spiro atoms. The van der Waals surface area contributed by atoms with Crippen LogP contribution in [0.2, 0.25) is 5.15 Å². The molecule has 0 radical (unpaired) electrons. The highest BCUT2D eigenvalue weighted by Gasteiger charge is 2.06. The maximum absolute atomic E-state index is 13.6. The van der Waals surface area contributed by atoms with E-state index in [9.17, 15) is 4.39 Å². The molecule has 4 nitrogen and oxygen atoms in total. The Morgan fingerprint density at radius 1 is 1.47 bits per heavy atom. The van der Waals surface area contributed by atoms with Gasteiger partial charge < -0.3 is 14.6 Å². The zero-order chi connectivity index (χ0) is 13.8. The molecule has 0 fully saturated rings. The number of nitrogens with zero attached hydrogens (tertiary/aromatic N) is 2. The molecule has 6 heteroatoms. The van der Waals surface area contributed by atoms with Crippen LogP contribution < -0.4 is 10.1 Å². The van der Waals surface area contributed by atoms with Crippen molar-refractivity contribution in [2.24, 2.45) is 7.05 Å². The number of nitrogens with one attached hydrogen (secondary N) is 1. The predicted molar refractivity (Wildman–Crippen MR) is 73.1 cm³/mol. The fraction of sp³-hybridized carbons (Fsp3) is 0.308. The molecule has 102 valence electrons. The van der Waals surface area contributed by atoms with Gasteiger partial charge in [0.1, 0.15) is 11.0 Å². The number of imidazole rings is 1. The van der Waals surface area contributed by atoms with E-state index >= 15 is 0 Å². The molecule has 0 unspecified atom stereocenters. The lowest BCUT2D eigenvalue weighted by Crippen LogP contribution is -2.06. The summed E-state index contributed by atoms with van der Waals surface area (Å²) in [4.78, 5) is 4.15. The van der Waals surface area contributed by atoms with Gasteiger partial charge in [-0.15, -0.1) is 0 Å². The van der Waals surface area contributed by atoms with E-state index in [4.69, 9.17) is 16.3 Å². The summed E-state index contributed by atoms with van der Waals surface area (Å²) >= 11 is 5.89. The molecule has 0 aliphatic carbocycles. The third-order valence-electron chi connectivity index (χ3n) is 2.71. The van der Waals surface area contributed by atoms with Crippen LogP contribution in [0.4, 0.5) is 10.1 Å². The lowest BCUT2D eigenvalue weighted by molar-refractivity contribution is 0.321. The fourth-order valence-electron chi connectivity index (χ4n) is 1.65. The van der Waals surface area contributed by atoms with Crippen molar-refractivity contribution >= 4 is 17.3 Å². The molecule has 19 heavy (non-hydrogen) atoms. The first-order chi connectivity index (χ1) is 9.11. The van der Waals surface area contributed by atoms with E-state index in [1.54, 1.807) is 22.9 Å². The van der Waals surface area contributed by atoms with Crippen LogP contribution in [0.15, 0.2) is 24.4 Å². The molecule has 2 aromatic rings. The first-order valence-electron chi connectivity index (χ1n) is 5.94. The van der Waals surface area contributed by atoms with Crippen molar-refractivity contribution in [1.29, 1.82) is 0 Å². The number of hydrogen-bond acceptors (Lipinski definition) is 3. The largest absolute Gasteiger partial charge is 0.491 e. The van der Waals surface area contributed by atoms with Gasteiger partial charge in [0, 0.05) is 18.8 Å². The monoisotopic (exact) mass is 283 g/mol. The van der Waals surface area contributed by atoms with Gasteiger partial charge in [0.05, 0.1) is 19.3 Å². The predicted octanol–water partition coefficient (Wildman–Crippen LogP) is 3.22. The van der Waals surface area contributed by atoms with Crippen LogP contribution in [0.1, 0.15) is 12.7 Å². The summed E-state index contributed by atoms with van der Waals surface area (Å²) in [5.41, 5.74) is 0.667. The summed E-state index contributed by atoms with van der Waals surface area (Å²) < 4.78 is 20.5. The normalized spacial score (nSPS) is 10.5. The summed E-state index contributed by atoms with van der Waals surface area (Å²) in [5.74, 6) is 0.650. The number of rotatable bonds is 5. The molecule has 1 N–H and O–H groups in total. The first-order valence-corrected chi connectivity index (χ1v) is 6.32. The van der Waals surface area contributed by atoms with E-state index in [0.717, 1.165) is 5.82 Å². The van der Waals surface area contributed by atoms with Gasteiger partial charge in [-0.1, -0.05) is 11.6 Å². The molecule has 0 atom stereocenters. The van der Waals surface area contributed by atoms with Crippen LogP contribution in [0.5, 0.6) is 5.75 Å². The van der Waals surface area contributed by atoms with Crippen LogP contribution in [0, 0.1) is 5.82 Å². The molecule has 0 amide bonds. The third kappa shape index (κ3) is 3.17. The molecule has 0 bridgehead atoms. The van der Waals surface area contributed by atoms with E-state index in [-0.39, 0.29) is 11.6 Å². The highest BCUT2D eigenvalue weighted by molar-refractivity contribution is 6.29. The first kappa shape index (κ1) is 13.7. The lowest BCUT2D eigenvalue weighted by atomic mass is 10.3. The highest BCUT2D eigenvalue weighted by atomic mass is 35.5. The van der Waals surface area contributed by atoms with Gasteiger partial charge in [-0.25, -0.2) is 9.37 Å². The van der Waals surface area contributed by atoms with Gasteiger partial charge in [-0.2, -0.15) is 0 Å². The summed E-state index contributed by atoms with van der Waals surface area (Å²) in [5, 5.41) is 3.65. The number of anilines is 1. The van der Waals surface area contributed by atoms with E-state index in [0.29, 0.717) is 24.0 Å². The third-order valence-corrected chi connectivity index (χ3v) is 3.06. The Balaban J connectivity index is 2.04. The van der Waals surface area contributed by atoms with Gasteiger partial charge in [0.2, 0.25) is 0 Å². The lowest BCUT2D eigenvalue weighted by Gasteiger charge is -2.09. The van der Waals surface area contributed by atoms with Crippen LogP contribution in [-0.4, -0.2) is 16.2 Å². The second-order valence-corrected chi connectivity index (χ2v) is 4.38. The fourth-order valence-corrected chi connectivity index (χ4v) is 1.80. The average molecular weight is 284 g/mol. The Labute approximate surface area is 116 Å². The summed E-state index contributed by atoms with van der Waals surface area (Å²) in [6.45, 7) is 2.72. The van der Waals surface area contributed by atoms with E-state index in [1.165, 1.54) is 6.07 Å². The number of halogens is 2. The average Bonchev–Trinajstić information content (AvgIpc) is 2.71. The number of benzene rings is 1.